The lowest BCUT2D eigenvalue weighted by molar-refractivity contribution is 0.672. The van der Waals surface area contributed by atoms with Gasteiger partial charge in [-0.1, -0.05) is 194 Å². The summed E-state index contributed by atoms with van der Waals surface area (Å²) in [5.74, 6) is 0. The Kier molecular flexibility index (Phi) is 8.85. The number of hydrogen-bond acceptors (Lipinski definition) is 4. The molecule has 0 saturated carbocycles. The number of benzene rings is 11. The molecule has 5 nitrogen and oxygen atoms in total. The minimum Gasteiger partial charge on any atom is -0.453 e. The van der Waals surface area contributed by atoms with Crippen molar-refractivity contribution in [2.75, 3.05) is 0 Å². The predicted octanol–water partition coefficient (Wildman–Crippen LogP) is 19.9. The Morgan fingerprint density at radius 3 is 1.48 bits per heavy atom. The van der Waals surface area contributed by atoms with Crippen molar-refractivity contribution in [1.29, 1.82) is 5.26 Å². The van der Waals surface area contributed by atoms with E-state index in [1.807, 2.05) is 36.4 Å². The van der Waals surface area contributed by atoms with Crippen LogP contribution < -0.4 is 0 Å². The van der Waals surface area contributed by atoms with E-state index in [-0.39, 0.29) is 0 Å². The highest BCUT2D eigenvalue weighted by Gasteiger charge is 2.34. The van der Waals surface area contributed by atoms with Gasteiger partial charge in [0.2, 0.25) is 5.69 Å². The highest BCUT2D eigenvalue weighted by atomic mass is 32.1. The van der Waals surface area contributed by atoms with Crippen LogP contribution in [0.15, 0.2) is 223 Å². The molecular formula is C68H36N4OS2. The van der Waals surface area contributed by atoms with Gasteiger partial charge in [0.1, 0.15) is 11.7 Å². The third-order valence-electron chi connectivity index (χ3n) is 15.4. The maximum absolute atomic E-state index is 12.4. The van der Waals surface area contributed by atoms with E-state index in [4.69, 9.17) is 9.26 Å². The molecule has 0 saturated heterocycles. The zero-order valence-corrected chi connectivity index (χ0v) is 41.4. The molecule has 5 heterocycles. The molecule has 0 radical (unpaired) electrons. The van der Waals surface area contributed by atoms with Crippen molar-refractivity contribution in [3.8, 4) is 50.8 Å². The fraction of sp³-hybridized carbons (Fsp3) is 0. The molecule has 0 amide bonds. The van der Waals surface area contributed by atoms with Gasteiger partial charge in [0.15, 0.2) is 5.58 Å². The highest BCUT2D eigenvalue weighted by molar-refractivity contribution is 7.27. The summed E-state index contributed by atoms with van der Waals surface area (Å²) < 4.78 is 16.6. The van der Waals surface area contributed by atoms with Crippen molar-refractivity contribution in [1.82, 2.24) is 9.13 Å². The first kappa shape index (κ1) is 41.8. The van der Waals surface area contributed by atoms with E-state index in [0.717, 1.165) is 108 Å². The maximum atomic E-state index is 12.4. The molecular weight excluding hydrogens is 953 g/mol. The molecule has 0 aliphatic rings. The van der Waals surface area contributed by atoms with Crippen LogP contribution in [0.5, 0.6) is 0 Å². The molecule has 0 aliphatic carbocycles. The molecule has 16 aromatic rings. The van der Waals surface area contributed by atoms with Crippen molar-refractivity contribution >= 4 is 134 Å². The Bertz CT molecular complexity index is 4990. The Morgan fingerprint density at radius 2 is 0.880 bits per heavy atom. The molecule has 75 heavy (non-hydrogen) atoms. The molecule has 0 fully saturated rings. The number of furan rings is 1. The number of nitrogens with zero attached hydrogens (tertiary/aromatic N) is 4. The van der Waals surface area contributed by atoms with Gasteiger partial charge in [-0.05, 0) is 41.0 Å². The summed E-state index contributed by atoms with van der Waals surface area (Å²) in [7, 11) is 0. The number of nitriles is 1. The van der Waals surface area contributed by atoms with Crippen molar-refractivity contribution < 1.29 is 4.42 Å². The Hall–Kier alpha value is -9.76. The van der Waals surface area contributed by atoms with E-state index in [1.165, 1.54) is 30.9 Å². The van der Waals surface area contributed by atoms with E-state index in [2.05, 4.69) is 197 Å². The fourth-order valence-corrected chi connectivity index (χ4v) is 14.8. The second-order valence-corrected chi connectivity index (χ2v) is 21.3. The Labute approximate surface area is 436 Å². The van der Waals surface area contributed by atoms with Crippen molar-refractivity contribution in [3.05, 3.63) is 235 Å². The summed E-state index contributed by atoms with van der Waals surface area (Å²) in [6, 6.07) is 79.4. The molecule has 0 atom stereocenters. The van der Waals surface area contributed by atoms with Crippen LogP contribution in [0.4, 0.5) is 5.69 Å². The third kappa shape index (κ3) is 5.74. The Morgan fingerprint density at radius 1 is 0.400 bits per heavy atom. The molecule has 0 aliphatic heterocycles. The summed E-state index contributed by atoms with van der Waals surface area (Å²) in [4.78, 5) is 4.70. The molecule has 5 aromatic heterocycles. The fourth-order valence-electron chi connectivity index (χ4n) is 12.3. The molecule has 0 bridgehead atoms. The van der Waals surface area contributed by atoms with Crippen LogP contribution in [0, 0.1) is 17.9 Å². The van der Waals surface area contributed by atoms with Crippen LogP contribution >= 0.6 is 22.7 Å². The number of fused-ring (bicyclic) bond motifs is 18. The molecule has 346 valence electrons. The maximum Gasteiger partial charge on any atom is 0.221 e. The quantitative estimate of drug-likeness (QED) is 0.161. The smallest absolute Gasteiger partial charge is 0.221 e. The van der Waals surface area contributed by atoms with Crippen LogP contribution in [-0.4, -0.2) is 9.13 Å². The minimum atomic E-state index is 0.371. The lowest BCUT2D eigenvalue weighted by Gasteiger charge is -2.25. The van der Waals surface area contributed by atoms with E-state index in [1.54, 1.807) is 22.7 Å². The van der Waals surface area contributed by atoms with E-state index >= 15 is 0 Å². The first-order valence-electron chi connectivity index (χ1n) is 24.9. The van der Waals surface area contributed by atoms with Gasteiger partial charge in [0, 0.05) is 80.0 Å². The van der Waals surface area contributed by atoms with Crippen LogP contribution in [0.25, 0.3) is 155 Å². The number of aromatic nitrogens is 2. The zero-order chi connectivity index (χ0) is 49.5. The molecule has 16 rings (SSSR count). The number of thiophene rings is 2. The van der Waals surface area contributed by atoms with Gasteiger partial charge in [0.25, 0.3) is 0 Å². The zero-order valence-electron chi connectivity index (χ0n) is 39.8. The average molecular weight is 989 g/mol. The molecule has 7 heteroatoms. The highest BCUT2D eigenvalue weighted by Crippen LogP contribution is 2.55. The Balaban J connectivity index is 1.16. The largest absolute Gasteiger partial charge is 0.453 e. The molecule has 0 unspecified atom stereocenters. The predicted molar refractivity (Wildman–Crippen MR) is 315 cm³/mol. The minimum absolute atomic E-state index is 0.371. The first-order valence-corrected chi connectivity index (χ1v) is 26.6. The standard InChI is InChI=1S/C68H36N4OS2/c1-70-59-58(41-22-9-4-10-23-41)64(72-62-47(33-36-51-44-25-12-15-30-55(44)74-67(51)62)48-34-37-52-45-26-13-16-31-56(45)75-68(52)63(48)72)57(40-20-7-3-8-21-40)53(38-69)60(59)71-54-29-14-11-24-43(54)46-32-35-50-49-28-17-27-42(39-18-5-2-6-19-39)65(49)73-66(50)61(46)71/h2-37H. The van der Waals surface area contributed by atoms with Gasteiger partial charge < -0.3 is 13.6 Å². The molecule has 0 N–H and O–H groups in total. The van der Waals surface area contributed by atoms with Gasteiger partial charge in [-0.3, -0.25) is 0 Å². The van der Waals surface area contributed by atoms with E-state index < -0.39 is 0 Å². The normalized spacial score (nSPS) is 12.0. The monoisotopic (exact) mass is 988 g/mol. The number of hydrogen-bond donors (Lipinski definition) is 0. The van der Waals surface area contributed by atoms with Crippen LogP contribution in [0.2, 0.25) is 0 Å². The average Bonchev–Trinajstić information content (AvgIpc) is 4.30. The number of para-hydroxylation sites is 2. The second kappa shape index (κ2) is 15.9. The van der Waals surface area contributed by atoms with Gasteiger partial charge in [0.05, 0.1) is 55.0 Å². The first-order chi connectivity index (χ1) is 37.2. The van der Waals surface area contributed by atoms with Gasteiger partial charge in [-0.25, -0.2) is 4.85 Å². The third-order valence-corrected chi connectivity index (χ3v) is 17.8. The topological polar surface area (TPSA) is 51.1 Å². The van der Waals surface area contributed by atoms with Crippen LogP contribution in [0.3, 0.4) is 0 Å². The summed E-state index contributed by atoms with van der Waals surface area (Å²) in [6.45, 7) is 9.64. The van der Waals surface area contributed by atoms with Crippen molar-refractivity contribution in [2.45, 2.75) is 0 Å². The number of rotatable bonds is 5. The SMILES string of the molecule is [C-]#[N+]c1c(-c2ccccc2)c(-n2c3c(ccc4c5ccccc5sc43)c3ccc4c5ccccc5sc4c32)c(-c2ccccc2)c(C#N)c1-n1c2ccccc2c2ccc3c4cccc(-c5ccccc5)c4oc3c21. The van der Waals surface area contributed by atoms with E-state index in [0.29, 0.717) is 22.5 Å². The van der Waals surface area contributed by atoms with Crippen LogP contribution in [0.1, 0.15) is 5.56 Å². The summed E-state index contributed by atoms with van der Waals surface area (Å²) in [5, 5.41) is 23.2. The summed E-state index contributed by atoms with van der Waals surface area (Å²) in [5.41, 5.74) is 12.6. The van der Waals surface area contributed by atoms with E-state index in [9.17, 15) is 11.8 Å². The van der Waals surface area contributed by atoms with Gasteiger partial charge in [-0.15, -0.1) is 22.7 Å². The van der Waals surface area contributed by atoms with Crippen molar-refractivity contribution in [2.24, 2.45) is 0 Å². The van der Waals surface area contributed by atoms with Crippen molar-refractivity contribution in [3.63, 3.8) is 0 Å². The molecule has 11 aromatic carbocycles. The van der Waals surface area contributed by atoms with Crippen LogP contribution in [-0.2, 0) is 0 Å². The van der Waals surface area contributed by atoms with Gasteiger partial charge >= 0.3 is 0 Å². The second-order valence-electron chi connectivity index (χ2n) is 19.2. The summed E-state index contributed by atoms with van der Waals surface area (Å²) in [6.07, 6.45) is 0. The lowest BCUT2D eigenvalue weighted by Crippen LogP contribution is -2.08. The lowest BCUT2D eigenvalue weighted by atomic mass is 9.88. The van der Waals surface area contributed by atoms with Gasteiger partial charge in [-0.2, -0.15) is 5.26 Å². The molecule has 0 spiro atoms. The summed E-state index contributed by atoms with van der Waals surface area (Å²) >= 11 is 3.60.